The second-order valence-corrected chi connectivity index (χ2v) is 5.27. The Morgan fingerprint density at radius 3 is 2.19 bits per heavy atom. The Morgan fingerprint density at radius 1 is 1.05 bits per heavy atom. The van der Waals surface area contributed by atoms with Crippen molar-refractivity contribution in [2.75, 3.05) is 52.7 Å². The Labute approximate surface area is 133 Å². The molecule has 0 aliphatic rings. The fourth-order valence-electron chi connectivity index (χ4n) is 1.76. The monoisotopic (exact) mass is 362 g/mol. The number of aliphatic hydroxyl groups is 2. The summed E-state index contributed by atoms with van der Waals surface area (Å²) in [4.78, 5) is 6.26. The summed E-state index contributed by atoms with van der Waals surface area (Å²) in [6.45, 7) is 4.15. The second-order valence-electron chi connectivity index (χ2n) is 4.42. The lowest BCUT2D eigenvalue weighted by molar-refractivity contribution is 0.0485. The van der Waals surface area contributed by atoms with Gasteiger partial charge in [-0.05, 0) is 27.6 Å². The third-order valence-electron chi connectivity index (χ3n) is 2.83. The van der Waals surface area contributed by atoms with Gasteiger partial charge in [0.1, 0.15) is 0 Å². The van der Waals surface area contributed by atoms with Crippen LogP contribution >= 0.6 is 15.9 Å². The van der Waals surface area contributed by atoms with Gasteiger partial charge in [-0.25, -0.2) is 0 Å². The zero-order chi connectivity index (χ0) is 15.3. The van der Waals surface area contributed by atoms with Crippen molar-refractivity contribution in [2.24, 2.45) is 0 Å². The van der Waals surface area contributed by atoms with Gasteiger partial charge in [0.15, 0.2) is 0 Å². The van der Waals surface area contributed by atoms with E-state index in [4.69, 9.17) is 19.7 Å². The molecule has 6 nitrogen and oxygen atoms in total. The number of hydrogen-bond acceptors (Lipinski definition) is 6. The molecule has 1 heterocycles. The molecule has 0 aliphatic carbocycles. The van der Waals surface area contributed by atoms with E-state index < -0.39 is 0 Å². The largest absolute Gasteiger partial charge is 0.394 e. The number of hydrogen-bond donors (Lipinski definition) is 2. The number of ether oxygens (including phenoxy) is 2. The van der Waals surface area contributed by atoms with E-state index >= 15 is 0 Å². The first-order valence-corrected chi connectivity index (χ1v) is 7.75. The molecule has 0 fully saturated rings. The summed E-state index contributed by atoms with van der Waals surface area (Å²) in [5, 5.41) is 17.4. The third-order valence-corrected chi connectivity index (χ3v) is 3.54. The van der Waals surface area contributed by atoms with Gasteiger partial charge in [-0.15, -0.1) is 0 Å². The molecule has 2 N–H and O–H groups in total. The fourth-order valence-corrected chi connectivity index (χ4v) is 2.14. The zero-order valence-electron chi connectivity index (χ0n) is 12.1. The highest BCUT2D eigenvalue weighted by molar-refractivity contribution is 9.10. The quantitative estimate of drug-likeness (QED) is 0.532. The predicted molar refractivity (Wildman–Crippen MR) is 83.0 cm³/mol. The molecule has 0 atom stereocenters. The van der Waals surface area contributed by atoms with Crippen LogP contribution in [0, 0.1) is 0 Å². The van der Waals surface area contributed by atoms with Gasteiger partial charge in [0.2, 0.25) is 0 Å². The van der Waals surface area contributed by atoms with Crippen LogP contribution in [0.15, 0.2) is 22.9 Å². The van der Waals surface area contributed by atoms with Crippen molar-refractivity contribution in [2.45, 2.75) is 6.54 Å². The predicted octanol–water partition coefficient (Wildman–Crippen LogP) is 0.664. The van der Waals surface area contributed by atoms with Gasteiger partial charge < -0.3 is 19.7 Å². The minimum Gasteiger partial charge on any atom is -0.394 e. The molecule has 1 aromatic heterocycles. The molecule has 0 saturated heterocycles. The molecule has 0 bridgehead atoms. The zero-order valence-corrected chi connectivity index (χ0v) is 13.7. The topological polar surface area (TPSA) is 75.1 Å². The highest BCUT2D eigenvalue weighted by Gasteiger charge is 2.08. The highest BCUT2D eigenvalue weighted by atomic mass is 79.9. The van der Waals surface area contributed by atoms with Gasteiger partial charge in [-0.1, -0.05) is 0 Å². The fraction of sp³-hybridized carbons (Fsp3) is 0.643. The normalized spacial score (nSPS) is 11.2. The molecule has 0 saturated carbocycles. The first-order chi connectivity index (χ1) is 10.3. The minimum absolute atomic E-state index is 0.0372. The van der Waals surface area contributed by atoms with Crippen LogP contribution in [-0.4, -0.2) is 72.8 Å². The van der Waals surface area contributed by atoms with E-state index in [9.17, 15) is 0 Å². The van der Waals surface area contributed by atoms with Crippen LogP contribution in [0.2, 0.25) is 0 Å². The van der Waals surface area contributed by atoms with Gasteiger partial charge in [0, 0.05) is 36.5 Å². The number of rotatable bonds is 12. The standard InChI is InChI=1S/C14H23BrN2O4/c15-14-11-16-2-1-13(14)12-17(3-7-20-9-5-18)4-8-21-10-6-19/h1-2,11,18-19H,3-10,12H2. The van der Waals surface area contributed by atoms with E-state index in [1.165, 1.54) is 0 Å². The van der Waals surface area contributed by atoms with Crippen LogP contribution in [0.1, 0.15) is 5.56 Å². The van der Waals surface area contributed by atoms with Gasteiger partial charge in [-0.2, -0.15) is 0 Å². The van der Waals surface area contributed by atoms with Crippen LogP contribution < -0.4 is 0 Å². The second kappa shape index (κ2) is 12.0. The SMILES string of the molecule is OCCOCCN(CCOCCO)Cc1ccncc1Br. The van der Waals surface area contributed by atoms with Crippen molar-refractivity contribution in [1.29, 1.82) is 0 Å². The van der Waals surface area contributed by atoms with E-state index in [0.717, 1.165) is 29.7 Å². The first-order valence-electron chi connectivity index (χ1n) is 6.96. The molecular formula is C14H23BrN2O4. The lowest BCUT2D eigenvalue weighted by atomic mass is 10.2. The molecule has 0 aromatic carbocycles. The van der Waals surface area contributed by atoms with Crippen molar-refractivity contribution >= 4 is 15.9 Å². The van der Waals surface area contributed by atoms with Gasteiger partial charge in [0.05, 0.1) is 39.6 Å². The Balaban J connectivity index is 2.44. The van der Waals surface area contributed by atoms with Gasteiger partial charge in [-0.3, -0.25) is 9.88 Å². The molecule has 0 radical (unpaired) electrons. The van der Waals surface area contributed by atoms with Gasteiger partial charge >= 0.3 is 0 Å². The van der Waals surface area contributed by atoms with E-state index in [2.05, 4.69) is 25.8 Å². The highest BCUT2D eigenvalue weighted by Crippen LogP contribution is 2.16. The van der Waals surface area contributed by atoms with E-state index in [0.29, 0.717) is 26.4 Å². The smallest absolute Gasteiger partial charge is 0.0698 e. The summed E-state index contributed by atoms with van der Waals surface area (Å²) in [7, 11) is 0. The summed E-state index contributed by atoms with van der Waals surface area (Å²) in [6, 6.07) is 1.97. The Bertz CT molecular complexity index is 370. The summed E-state index contributed by atoms with van der Waals surface area (Å²) in [5.74, 6) is 0. The molecule has 21 heavy (non-hydrogen) atoms. The maximum Gasteiger partial charge on any atom is 0.0698 e. The molecule has 120 valence electrons. The summed E-state index contributed by atoms with van der Waals surface area (Å²) >= 11 is 3.49. The summed E-state index contributed by atoms with van der Waals surface area (Å²) in [5.41, 5.74) is 1.15. The molecule has 7 heteroatoms. The van der Waals surface area contributed by atoms with Gasteiger partial charge in [0.25, 0.3) is 0 Å². The first kappa shape index (κ1) is 18.5. The summed E-state index contributed by atoms with van der Waals surface area (Å²) < 4.78 is 11.6. The van der Waals surface area contributed by atoms with E-state index in [1.54, 1.807) is 12.4 Å². The molecule has 0 amide bonds. The maximum absolute atomic E-state index is 8.71. The van der Waals surface area contributed by atoms with Crippen LogP contribution in [0.25, 0.3) is 0 Å². The maximum atomic E-state index is 8.71. The summed E-state index contributed by atoms with van der Waals surface area (Å²) in [6.07, 6.45) is 3.54. The molecule has 0 aliphatic heterocycles. The average Bonchev–Trinajstić information content (AvgIpc) is 2.50. The lowest BCUT2D eigenvalue weighted by Gasteiger charge is -2.22. The molecule has 1 aromatic rings. The Morgan fingerprint density at radius 2 is 1.67 bits per heavy atom. The average molecular weight is 363 g/mol. The van der Waals surface area contributed by atoms with Crippen LogP contribution in [-0.2, 0) is 16.0 Å². The van der Waals surface area contributed by atoms with Crippen molar-refractivity contribution in [1.82, 2.24) is 9.88 Å². The molecular weight excluding hydrogens is 340 g/mol. The van der Waals surface area contributed by atoms with Crippen molar-refractivity contribution in [3.63, 3.8) is 0 Å². The number of aromatic nitrogens is 1. The van der Waals surface area contributed by atoms with Crippen molar-refractivity contribution < 1.29 is 19.7 Å². The van der Waals surface area contributed by atoms with Crippen LogP contribution in [0.3, 0.4) is 0 Å². The number of halogens is 1. The number of nitrogens with zero attached hydrogens (tertiary/aromatic N) is 2. The van der Waals surface area contributed by atoms with Crippen LogP contribution in [0.4, 0.5) is 0 Å². The number of aliphatic hydroxyl groups excluding tert-OH is 2. The third kappa shape index (κ3) is 8.45. The van der Waals surface area contributed by atoms with E-state index in [-0.39, 0.29) is 13.2 Å². The van der Waals surface area contributed by atoms with E-state index in [1.807, 2.05) is 6.07 Å². The van der Waals surface area contributed by atoms with Crippen LogP contribution in [0.5, 0.6) is 0 Å². The molecule has 0 unspecified atom stereocenters. The molecule has 0 spiro atoms. The lowest BCUT2D eigenvalue weighted by Crippen LogP contribution is -2.31. The Hall–Kier alpha value is -0.570. The molecule has 1 rings (SSSR count). The van der Waals surface area contributed by atoms with Crippen molar-refractivity contribution in [3.05, 3.63) is 28.5 Å². The Kier molecular flexibility index (Phi) is 10.6. The van der Waals surface area contributed by atoms with Crippen molar-refractivity contribution in [3.8, 4) is 0 Å². The number of pyridine rings is 1. The minimum atomic E-state index is 0.0372.